The summed E-state index contributed by atoms with van der Waals surface area (Å²) in [6.07, 6.45) is 0.938. The second-order valence-electron chi connectivity index (χ2n) is 5.14. The van der Waals surface area contributed by atoms with Gasteiger partial charge in [0, 0.05) is 31.7 Å². The highest BCUT2D eigenvalue weighted by Crippen LogP contribution is 2.22. The van der Waals surface area contributed by atoms with E-state index in [-0.39, 0.29) is 5.41 Å². The lowest BCUT2D eigenvalue weighted by Crippen LogP contribution is -2.18. The topological polar surface area (TPSA) is 56.3 Å². The monoisotopic (exact) mass is 253 g/mol. The molecule has 102 valence electrons. The Balaban J connectivity index is 2.78. The van der Waals surface area contributed by atoms with E-state index >= 15 is 0 Å². The molecule has 18 heavy (non-hydrogen) atoms. The fraction of sp³-hybridized carbons (Fsp3) is 0.692. The van der Waals surface area contributed by atoms with E-state index in [1.807, 2.05) is 6.07 Å². The average Bonchev–Trinajstić information content (AvgIpc) is 2.33. The first-order valence-corrected chi connectivity index (χ1v) is 6.13. The van der Waals surface area contributed by atoms with Crippen LogP contribution in [0.3, 0.4) is 0 Å². The van der Waals surface area contributed by atoms with E-state index in [9.17, 15) is 0 Å². The largest absolute Gasteiger partial charge is 0.481 e. The Kier molecular flexibility index (Phi) is 5.34. The fourth-order valence-corrected chi connectivity index (χ4v) is 1.39. The number of aromatic nitrogens is 2. The molecule has 0 aliphatic rings. The maximum atomic E-state index is 5.20. The first kappa shape index (κ1) is 14.7. The molecule has 0 fully saturated rings. The van der Waals surface area contributed by atoms with E-state index in [0.29, 0.717) is 5.88 Å². The normalized spacial score (nSPS) is 11.4. The van der Waals surface area contributed by atoms with E-state index < -0.39 is 0 Å². The van der Waals surface area contributed by atoms with Crippen LogP contribution in [0.2, 0.25) is 0 Å². The lowest BCUT2D eigenvalue weighted by Gasteiger charge is -2.18. The van der Waals surface area contributed by atoms with E-state index in [4.69, 9.17) is 9.47 Å². The molecule has 0 amide bonds. The van der Waals surface area contributed by atoms with Crippen LogP contribution in [-0.2, 0) is 10.2 Å². The van der Waals surface area contributed by atoms with Crippen LogP contribution in [0.1, 0.15) is 33.0 Å². The van der Waals surface area contributed by atoms with Crippen molar-refractivity contribution >= 4 is 5.82 Å². The molecule has 0 aliphatic heterocycles. The summed E-state index contributed by atoms with van der Waals surface area (Å²) in [4.78, 5) is 8.88. The van der Waals surface area contributed by atoms with Gasteiger partial charge in [-0.25, -0.2) is 4.98 Å². The van der Waals surface area contributed by atoms with Crippen molar-refractivity contribution in [2.24, 2.45) is 0 Å². The van der Waals surface area contributed by atoms with Crippen LogP contribution in [0.4, 0.5) is 5.82 Å². The molecule has 0 saturated carbocycles. The van der Waals surface area contributed by atoms with Crippen molar-refractivity contribution in [3.63, 3.8) is 0 Å². The van der Waals surface area contributed by atoms with Gasteiger partial charge in [-0.15, -0.1) is 0 Å². The van der Waals surface area contributed by atoms with Gasteiger partial charge in [0.05, 0.1) is 7.11 Å². The second kappa shape index (κ2) is 6.54. The average molecular weight is 253 g/mol. The van der Waals surface area contributed by atoms with E-state index in [1.165, 1.54) is 0 Å². The smallest absolute Gasteiger partial charge is 0.218 e. The maximum Gasteiger partial charge on any atom is 0.218 e. The molecular formula is C13H23N3O2. The highest BCUT2D eigenvalue weighted by atomic mass is 16.5. The number of hydrogen-bond donors (Lipinski definition) is 1. The van der Waals surface area contributed by atoms with Gasteiger partial charge < -0.3 is 14.8 Å². The van der Waals surface area contributed by atoms with Crippen LogP contribution in [0.15, 0.2) is 6.07 Å². The number of methoxy groups -OCH3 is 2. The highest BCUT2D eigenvalue weighted by molar-refractivity contribution is 5.39. The van der Waals surface area contributed by atoms with Crippen molar-refractivity contribution in [1.82, 2.24) is 9.97 Å². The van der Waals surface area contributed by atoms with Gasteiger partial charge in [-0.3, -0.25) is 0 Å². The fourth-order valence-electron chi connectivity index (χ4n) is 1.39. The number of nitrogens with zero attached hydrogens (tertiary/aromatic N) is 2. The van der Waals surface area contributed by atoms with Crippen LogP contribution in [-0.4, -0.2) is 37.3 Å². The zero-order valence-electron chi connectivity index (χ0n) is 11.9. The molecule has 0 aromatic carbocycles. The summed E-state index contributed by atoms with van der Waals surface area (Å²) >= 11 is 0. The molecule has 5 heteroatoms. The molecule has 1 N–H and O–H groups in total. The van der Waals surface area contributed by atoms with Gasteiger partial charge in [-0.1, -0.05) is 20.8 Å². The third-order valence-electron chi connectivity index (χ3n) is 2.41. The third kappa shape index (κ3) is 4.49. The van der Waals surface area contributed by atoms with Gasteiger partial charge in [-0.05, 0) is 6.42 Å². The lowest BCUT2D eigenvalue weighted by molar-refractivity contribution is 0.197. The number of ether oxygens (including phenoxy) is 2. The Morgan fingerprint density at radius 2 is 1.94 bits per heavy atom. The number of hydrogen-bond acceptors (Lipinski definition) is 5. The molecule has 0 bridgehead atoms. The number of rotatable bonds is 6. The zero-order valence-corrected chi connectivity index (χ0v) is 11.9. The number of nitrogens with one attached hydrogen (secondary N) is 1. The quantitative estimate of drug-likeness (QED) is 0.788. The highest BCUT2D eigenvalue weighted by Gasteiger charge is 2.19. The molecule has 5 nitrogen and oxygen atoms in total. The zero-order chi connectivity index (χ0) is 13.6. The summed E-state index contributed by atoms with van der Waals surface area (Å²) in [5, 5.41) is 3.26. The maximum absolute atomic E-state index is 5.20. The summed E-state index contributed by atoms with van der Waals surface area (Å²) < 4.78 is 10.2. The first-order chi connectivity index (χ1) is 8.47. The molecule has 0 spiro atoms. The van der Waals surface area contributed by atoms with Crippen molar-refractivity contribution in [3.8, 4) is 5.88 Å². The molecule has 0 radical (unpaired) electrons. The SMILES string of the molecule is COCCCNc1cc(OC)nc(C(C)(C)C)n1. The molecular weight excluding hydrogens is 230 g/mol. The van der Waals surface area contributed by atoms with Gasteiger partial charge in [-0.2, -0.15) is 4.98 Å². The van der Waals surface area contributed by atoms with Crippen molar-refractivity contribution in [1.29, 1.82) is 0 Å². The Morgan fingerprint density at radius 1 is 1.22 bits per heavy atom. The Morgan fingerprint density at radius 3 is 2.50 bits per heavy atom. The van der Waals surface area contributed by atoms with Crippen LogP contribution in [0, 0.1) is 0 Å². The summed E-state index contributed by atoms with van der Waals surface area (Å²) in [6.45, 7) is 7.79. The van der Waals surface area contributed by atoms with Gasteiger partial charge >= 0.3 is 0 Å². The van der Waals surface area contributed by atoms with E-state index in [1.54, 1.807) is 14.2 Å². The summed E-state index contributed by atoms with van der Waals surface area (Å²) in [7, 11) is 3.31. The molecule has 0 unspecified atom stereocenters. The minimum atomic E-state index is -0.0997. The summed E-state index contributed by atoms with van der Waals surface area (Å²) in [5.41, 5.74) is -0.0997. The molecule has 1 rings (SSSR count). The standard InChI is InChI=1S/C13H23N3O2/c1-13(2,3)12-15-10(9-11(16-12)18-5)14-7-6-8-17-4/h9H,6-8H2,1-5H3,(H,14,15,16). The van der Waals surface area contributed by atoms with E-state index in [2.05, 4.69) is 36.1 Å². The Hall–Kier alpha value is -1.36. The van der Waals surface area contributed by atoms with Crippen LogP contribution in [0.5, 0.6) is 5.88 Å². The molecule has 0 atom stereocenters. The first-order valence-electron chi connectivity index (χ1n) is 6.13. The number of anilines is 1. The molecule has 0 aliphatic carbocycles. The van der Waals surface area contributed by atoms with Crippen molar-refractivity contribution in [2.75, 3.05) is 32.7 Å². The van der Waals surface area contributed by atoms with Gasteiger partial charge in [0.25, 0.3) is 0 Å². The van der Waals surface area contributed by atoms with E-state index in [0.717, 1.165) is 31.2 Å². The Bertz CT molecular complexity index is 375. The van der Waals surface area contributed by atoms with Crippen molar-refractivity contribution < 1.29 is 9.47 Å². The van der Waals surface area contributed by atoms with Gasteiger partial charge in [0.15, 0.2) is 0 Å². The molecule has 0 saturated heterocycles. The van der Waals surface area contributed by atoms with Crippen LogP contribution >= 0.6 is 0 Å². The predicted molar refractivity (Wildman–Crippen MR) is 72.3 cm³/mol. The van der Waals surface area contributed by atoms with Crippen molar-refractivity contribution in [2.45, 2.75) is 32.6 Å². The van der Waals surface area contributed by atoms with Crippen LogP contribution in [0.25, 0.3) is 0 Å². The minimum Gasteiger partial charge on any atom is -0.481 e. The predicted octanol–water partition coefficient (Wildman–Crippen LogP) is 2.23. The lowest BCUT2D eigenvalue weighted by atomic mass is 9.96. The molecule has 1 aromatic heterocycles. The summed E-state index contributed by atoms with van der Waals surface area (Å²) in [6, 6.07) is 1.81. The summed E-state index contributed by atoms with van der Waals surface area (Å²) in [5.74, 6) is 2.16. The minimum absolute atomic E-state index is 0.0997. The third-order valence-corrected chi connectivity index (χ3v) is 2.41. The molecule has 1 heterocycles. The van der Waals surface area contributed by atoms with Crippen LogP contribution < -0.4 is 10.1 Å². The van der Waals surface area contributed by atoms with Crippen molar-refractivity contribution in [3.05, 3.63) is 11.9 Å². The second-order valence-corrected chi connectivity index (χ2v) is 5.14. The molecule has 1 aromatic rings. The van der Waals surface area contributed by atoms with Gasteiger partial charge in [0.1, 0.15) is 11.6 Å². The Labute approximate surface area is 109 Å². The van der Waals surface area contributed by atoms with Gasteiger partial charge in [0.2, 0.25) is 5.88 Å².